The predicted octanol–water partition coefficient (Wildman–Crippen LogP) is 3.16. The highest BCUT2D eigenvalue weighted by Gasteiger charge is 2.23. The van der Waals surface area contributed by atoms with Gasteiger partial charge in [0.2, 0.25) is 0 Å². The largest absolute Gasteiger partial charge is 0.387 e. The molecular formula is C15H19ClN2O2. The number of carbonyl (C=O) groups is 1. The van der Waals surface area contributed by atoms with Crippen molar-refractivity contribution in [2.24, 2.45) is 11.7 Å². The summed E-state index contributed by atoms with van der Waals surface area (Å²) in [6, 6.07) is 5.26. The number of hydrogen-bond acceptors (Lipinski definition) is 3. The van der Waals surface area contributed by atoms with E-state index >= 15 is 0 Å². The summed E-state index contributed by atoms with van der Waals surface area (Å²) >= 11 is 5.97. The van der Waals surface area contributed by atoms with Crippen LogP contribution in [0, 0.1) is 11.3 Å². The van der Waals surface area contributed by atoms with Gasteiger partial charge in [0, 0.05) is 16.5 Å². The molecule has 2 aliphatic rings. The number of halogens is 1. The summed E-state index contributed by atoms with van der Waals surface area (Å²) in [6.07, 6.45) is 5.83. The zero-order valence-corrected chi connectivity index (χ0v) is 12.0. The van der Waals surface area contributed by atoms with Crippen LogP contribution in [0.5, 0.6) is 0 Å². The summed E-state index contributed by atoms with van der Waals surface area (Å²) in [5, 5.41) is 7.40. The first-order chi connectivity index (χ1) is 9.60. The van der Waals surface area contributed by atoms with Gasteiger partial charge in [-0.05, 0) is 37.3 Å². The van der Waals surface area contributed by atoms with Crippen LogP contribution in [0.3, 0.4) is 0 Å². The molecule has 0 amide bonds. The molecule has 1 aromatic carbocycles. The van der Waals surface area contributed by atoms with Gasteiger partial charge in [0.05, 0.1) is 18.5 Å². The molecule has 2 aliphatic carbocycles. The van der Waals surface area contributed by atoms with Gasteiger partial charge in [-0.15, -0.1) is 0 Å². The number of amidine groups is 1. The molecule has 0 aliphatic heterocycles. The van der Waals surface area contributed by atoms with E-state index in [1.807, 2.05) is 6.07 Å². The van der Waals surface area contributed by atoms with Crippen LogP contribution in [0.15, 0.2) is 18.2 Å². The van der Waals surface area contributed by atoms with Crippen molar-refractivity contribution in [3.8, 4) is 0 Å². The van der Waals surface area contributed by atoms with Crippen molar-refractivity contribution in [1.82, 2.24) is 0 Å². The van der Waals surface area contributed by atoms with Crippen molar-refractivity contribution in [1.29, 1.82) is 5.41 Å². The Labute approximate surface area is 123 Å². The summed E-state index contributed by atoms with van der Waals surface area (Å²) in [5.74, 6) is 0.833. The van der Waals surface area contributed by atoms with E-state index in [4.69, 9.17) is 27.5 Å². The maximum absolute atomic E-state index is 10.5. The molecule has 0 heterocycles. The monoisotopic (exact) mass is 294 g/mol. The number of hydrogen-bond donors (Lipinski definition) is 2. The number of nitrogens with one attached hydrogen (secondary N) is 1. The Kier molecular flexibility index (Phi) is 5.15. The summed E-state index contributed by atoms with van der Waals surface area (Å²) in [5.41, 5.74) is 6.63. The minimum absolute atomic E-state index is 0.370. The highest BCUT2D eigenvalue weighted by Crippen LogP contribution is 2.28. The van der Waals surface area contributed by atoms with Gasteiger partial charge >= 0.3 is 0 Å². The summed E-state index contributed by atoms with van der Waals surface area (Å²) in [4.78, 5) is 10.5. The second kappa shape index (κ2) is 6.86. The average molecular weight is 295 g/mol. The van der Waals surface area contributed by atoms with Gasteiger partial charge < -0.3 is 10.5 Å². The maximum atomic E-state index is 10.5. The molecular weight excluding hydrogens is 276 g/mol. The molecule has 0 saturated heterocycles. The van der Waals surface area contributed by atoms with Gasteiger partial charge in [-0.3, -0.25) is 10.2 Å². The lowest BCUT2D eigenvalue weighted by molar-refractivity contribution is 0.106. The molecule has 20 heavy (non-hydrogen) atoms. The molecule has 0 aromatic heterocycles. The molecule has 108 valence electrons. The van der Waals surface area contributed by atoms with Crippen LogP contribution >= 0.6 is 11.6 Å². The Morgan fingerprint density at radius 1 is 1.40 bits per heavy atom. The summed E-state index contributed by atoms with van der Waals surface area (Å²) in [6.45, 7) is 0.544. The average Bonchev–Trinajstić information content (AvgIpc) is 3.30. The van der Waals surface area contributed by atoms with E-state index in [1.165, 1.54) is 0 Å². The van der Waals surface area contributed by atoms with E-state index in [9.17, 15) is 4.79 Å². The van der Waals surface area contributed by atoms with Crippen LogP contribution in [0.1, 0.15) is 41.6 Å². The van der Waals surface area contributed by atoms with Gasteiger partial charge in [-0.1, -0.05) is 23.7 Å². The fourth-order valence-electron chi connectivity index (χ4n) is 1.59. The summed E-state index contributed by atoms with van der Waals surface area (Å²) in [7, 11) is 0. The molecule has 0 unspecified atom stereocenters. The van der Waals surface area contributed by atoms with Crippen LogP contribution in [-0.2, 0) is 11.3 Å². The van der Waals surface area contributed by atoms with Gasteiger partial charge in [0.15, 0.2) is 0 Å². The SMILES string of the molecule is N=C(N)C1CC1.O=Cc1ccc(COC2CC2)c(Cl)c1. The highest BCUT2D eigenvalue weighted by atomic mass is 35.5. The number of aldehydes is 1. The van der Waals surface area contributed by atoms with Crippen molar-refractivity contribution in [2.75, 3.05) is 0 Å². The van der Waals surface area contributed by atoms with Gasteiger partial charge in [0.25, 0.3) is 0 Å². The maximum Gasteiger partial charge on any atom is 0.150 e. The van der Waals surface area contributed by atoms with Crippen molar-refractivity contribution in [2.45, 2.75) is 38.4 Å². The molecule has 3 rings (SSSR count). The molecule has 0 atom stereocenters. The van der Waals surface area contributed by atoms with Crippen LogP contribution in [0.4, 0.5) is 0 Å². The van der Waals surface area contributed by atoms with E-state index in [0.717, 1.165) is 37.5 Å². The van der Waals surface area contributed by atoms with Crippen LogP contribution in [-0.4, -0.2) is 18.2 Å². The lowest BCUT2D eigenvalue weighted by Crippen LogP contribution is -2.10. The Bertz CT molecular complexity index is 497. The Morgan fingerprint density at radius 2 is 2.10 bits per heavy atom. The first kappa shape index (κ1) is 15.0. The van der Waals surface area contributed by atoms with E-state index in [1.54, 1.807) is 12.1 Å². The van der Waals surface area contributed by atoms with Crippen molar-refractivity contribution in [3.63, 3.8) is 0 Å². The third-order valence-corrected chi connectivity index (χ3v) is 3.58. The number of nitrogens with two attached hydrogens (primary N) is 1. The molecule has 0 spiro atoms. The van der Waals surface area contributed by atoms with Gasteiger partial charge in [-0.2, -0.15) is 0 Å². The fraction of sp³-hybridized carbons (Fsp3) is 0.467. The first-order valence-electron chi connectivity index (χ1n) is 6.79. The quantitative estimate of drug-likeness (QED) is 0.497. The number of benzene rings is 1. The molecule has 0 bridgehead atoms. The van der Waals surface area contributed by atoms with Crippen LogP contribution < -0.4 is 5.73 Å². The minimum atomic E-state index is 0.370. The zero-order valence-electron chi connectivity index (χ0n) is 11.3. The normalized spacial score (nSPS) is 17.1. The highest BCUT2D eigenvalue weighted by molar-refractivity contribution is 6.31. The molecule has 5 heteroatoms. The van der Waals surface area contributed by atoms with Gasteiger partial charge in [0.1, 0.15) is 6.29 Å². The molecule has 3 N–H and O–H groups in total. The third kappa shape index (κ3) is 4.94. The number of carbonyl (C=O) groups excluding carboxylic acids is 1. The molecule has 0 radical (unpaired) electrons. The Hall–Kier alpha value is -1.39. The van der Waals surface area contributed by atoms with E-state index in [2.05, 4.69) is 0 Å². The number of ether oxygens (including phenoxy) is 1. The molecule has 2 fully saturated rings. The summed E-state index contributed by atoms with van der Waals surface area (Å²) < 4.78 is 5.52. The minimum Gasteiger partial charge on any atom is -0.387 e. The van der Waals surface area contributed by atoms with E-state index in [0.29, 0.717) is 35.1 Å². The zero-order chi connectivity index (χ0) is 14.5. The van der Waals surface area contributed by atoms with Crippen LogP contribution in [0.2, 0.25) is 5.02 Å². The lowest BCUT2D eigenvalue weighted by Gasteiger charge is -2.05. The molecule has 1 aromatic rings. The van der Waals surface area contributed by atoms with Crippen molar-refractivity contribution in [3.05, 3.63) is 34.3 Å². The first-order valence-corrected chi connectivity index (χ1v) is 7.17. The lowest BCUT2D eigenvalue weighted by atomic mass is 10.1. The molecule has 2 saturated carbocycles. The van der Waals surface area contributed by atoms with E-state index in [-0.39, 0.29) is 0 Å². The number of rotatable bonds is 5. The second-order valence-electron chi connectivity index (χ2n) is 5.21. The third-order valence-electron chi connectivity index (χ3n) is 3.23. The fourth-order valence-corrected chi connectivity index (χ4v) is 1.83. The van der Waals surface area contributed by atoms with Gasteiger partial charge in [-0.25, -0.2) is 0 Å². The Balaban J connectivity index is 0.000000205. The van der Waals surface area contributed by atoms with Crippen LogP contribution in [0.25, 0.3) is 0 Å². The van der Waals surface area contributed by atoms with Crippen molar-refractivity contribution >= 4 is 23.7 Å². The Morgan fingerprint density at radius 3 is 2.50 bits per heavy atom. The van der Waals surface area contributed by atoms with E-state index < -0.39 is 0 Å². The predicted molar refractivity (Wildman–Crippen MR) is 79.3 cm³/mol. The standard InChI is InChI=1S/C11H11ClO2.C4H8N2/c12-11-5-8(6-13)1-2-9(11)7-14-10-3-4-10;5-4(6)3-1-2-3/h1-2,5-6,10H,3-4,7H2;3H,1-2H2,(H3,5,6). The molecule has 4 nitrogen and oxygen atoms in total. The second-order valence-corrected chi connectivity index (χ2v) is 5.62. The smallest absolute Gasteiger partial charge is 0.150 e. The topological polar surface area (TPSA) is 76.2 Å². The van der Waals surface area contributed by atoms with Crippen molar-refractivity contribution < 1.29 is 9.53 Å².